The van der Waals surface area contributed by atoms with Gasteiger partial charge in [0, 0.05) is 44.5 Å². The maximum atomic E-state index is 12.7. The van der Waals surface area contributed by atoms with Crippen molar-refractivity contribution < 1.29 is 4.79 Å². The number of aromatic nitrogens is 1. The number of hydrogen-bond acceptors (Lipinski definition) is 4. The summed E-state index contributed by atoms with van der Waals surface area (Å²) < 4.78 is 0. The Morgan fingerprint density at radius 3 is 2.77 bits per heavy atom. The number of piperazine rings is 1. The Labute approximate surface area is 133 Å². The molecule has 22 heavy (non-hydrogen) atoms. The molecule has 0 radical (unpaired) electrons. The first-order valence-electron chi connectivity index (χ1n) is 8.33. The quantitative estimate of drug-likeness (QED) is 0.905. The average molecular weight is 304 g/mol. The van der Waals surface area contributed by atoms with Crippen molar-refractivity contribution >= 4 is 11.7 Å². The monoisotopic (exact) mass is 304 g/mol. The lowest BCUT2D eigenvalue weighted by atomic mass is 10.1. The molecular formula is C17H28N4O. The number of nitrogens with one attached hydrogen (secondary N) is 1. The molecule has 1 N–H and O–H groups in total. The number of anilines is 1. The number of pyridine rings is 1. The molecule has 122 valence electrons. The van der Waals surface area contributed by atoms with Crippen LogP contribution in [-0.4, -0.2) is 54.1 Å². The number of rotatable bonds is 5. The molecular weight excluding hydrogens is 276 g/mol. The van der Waals surface area contributed by atoms with Crippen LogP contribution in [0.2, 0.25) is 0 Å². The normalized spacial score (nSPS) is 21.7. The van der Waals surface area contributed by atoms with E-state index in [1.165, 1.54) is 0 Å². The minimum absolute atomic E-state index is 0.0819. The molecule has 1 saturated heterocycles. The lowest BCUT2D eigenvalue weighted by molar-refractivity contribution is 0.0602. The van der Waals surface area contributed by atoms with Crippen molar-refractivity contribution in [2.75, 3.05) is 31.1 Å². The standard InChI is InChI=1S/C17H28N4O/c1-5-10-20(6-2)16-8-7-15(12-19-16)17(22)21-11-9-18-13(3)14(21)4/h7-8,12-14,18H,5-6,9-11H2,1-4H3. The second-order valence-corrected chi connectivity index (χ2v) is 5.97. The van der Waals surface area contributed by atoms with Gasteiger partial charge >= 0.3 is 0 Å². The molecule has 0 aromatic carbocycles. The van der Waals surface area contributed by atoms with Gasteiger partial charge in [0.25, 0.3) is 5.91 Å². The van der Waals surface area contributed by atoms with Crippen molar-refractivity contribution in [3.8, 4) is 0 Å². The Bertz CT molecular complexity index is 488. The van der Waals surface area contributed by atoms with E-state index in [4.69, 9.17) is 0 Å². The van der Waals surface area contributed by atoms with E-state index in [1.807, 2.05) is 17.0 Å². The lowest BCUT2D eigenvalue weighted by Gasteiger charge is -2.38. The summed E-state index contributed by atoms with van der Waals surface area (Å²) in [5, 5.41) is 3.40. The fourth-order valence-electron chi connectivity index (χ4n) is 2.91. The third-order valence-electron chi connectivity index (χ3n) is 4.49. The van der Waals surface area contributed by atoms with E-state index in [0.29, 0.717) is 11.6 Å². The van der Waals surface area contributed by atoms with Gasteiger partial charge < -0.3 is 15.1 Å². The van der Waals surface area contributed by atoms with Crippen LogP contribution in [0.3, 0.4) is 0 Å². The molecule has 0 bridgehead atoms. The largest absolute Gasteiger partial charge is 0.357 e. The van der Waals surface area contributed by atoms with E-state index >= 15 is 0 Å². The van der Waals surface area contributed by atoms with Crippen LogP contribution in [0.15, 0.2) is 18.3 Å². The highest BCUT2D eigenvalue weighted by Crippen LogP contribution is 2.16. The maximum absolute atomic E-state index is 12.7. The predicted octanol–water partition coefficient (Wildman–Crippen LogP) is 2.14. The third kappa shape index (κ3) is 3.58. The van der Waals surface area contributed by atoms with Crippen LogP contribution in [-0.2, 0) is 0 Å². The van der Waals surface area contributed by atoms with Crippen molar-refractivity contribution in [3.05, 3.63) is 23.9 Å². The fraction of sp³-hybridized carbons (Fsp3) is 0.647. The van der Waals surface area contributed by atoms with Crippen LogP contribution in [0.1, 0.15) is 44.5 Å². The van der Waals surface area contributed by atoms with Crippen LogP contribution >= 0.6 is 0 Å². The zero-order chi connectivity index (χ0) is 16.1. The van der Waals surface area contributed by atoms with E-state index in [1.54, 1.807) is 6.20 Å². The van der Waals surface area contributed by atoms with Gasteiger partial charge in [-0.1, -0.05) is 6.92 Å². The molecule has 2 heterocycles. The molecule has 0 saturated carbocycles. The van der Waals surface area contributed by atoms with Crippen molar-refractivity contribution in [1.29, 1.82) is 0 Å². The number of carbonyl (C=O) groups excluding carboxylic acids is 1. The van der Waals surface area contributed by atoms with Gasteiger partial charge in [0.1, 0.15) is 5.82 Å². The van der Waals surface area contributed by atoms with Gasteiger partial charge in [0.05, 0.1) is 5.56 Å². The Kier molecular flexibility index (Phi) is 5.77. The molecule has 2 unspecified atom stereocenters. The first-order chi connectivity index (χ1) is 10.6. The molecule has 1 aromatic heterocycles. The minimum Gasteiger partial charge on any atom is -0.357 e. The topological polar surface area (TPSA) is 48.5 Å². The summed E-state index contributed by atoms with van der Waals surface area (Å²) in [5.74, 6) is 1.03. The molecule has 2 rings (SSSR count). The average Bonchev–Trinajstić information content (AvgIpc) is 2.55. The van der Waals surface area contributed by atoms with E-state index in [2.05, 4.69) is 42.9 Å². The van der Waals surface area contributed by atoms with Crippen LogP contribution in [0.5, 0.6) is 0 Å². The summed E-state index contributed by atoms with van der Waals surface area (Å²) in [6.45, 7) is 12.0. The van der Waals surface area contributed by atoms with E-state index in [9.17, 15) is 4.79 Å². The highest BCUT2D eigenvalue weighted by atomic mass is 16.2. The molecule has 0 aliphatic carbocycles. The molecule has 1 aliphatic rings. The second-order valence-electron chi connectivity index (χ2n) is 5.97. The SMILES string of the molecule is CCCN(CC)c1ccc(C(=O)N2CCNC(C)C2C)cn1. The molecule has 5 heteroatoms. The Balaban J connectivity index is 2.10. The molecule has 0 spiro atoms. The van der Waals surface area contributed by atoms with Crippen LogP contribution in [0, 0.1) is 0 Å². The number of hydrogen-bond donors (Lipinski definition) is 1. The Morgan fingerprint density at radius 1 is 1.41 bits per heavy atom. The molecule has 2 atom stereocenters. The van der Waals surface area contributed by atoms with Gasteiger partial charge in [-0.3, -0.25) is 4.79 Å². The van der Waals surface area contributed by atoms with Crippen molar-refractivity contribution in [1.82, 2.24) is 15.2 Å². The third-order valence-corrected chi connectivity index (χ3v) is 4.49. The first-order valence-corrected chi connectivity index (χ1v) is 8.33. The lowest BCUT2D eigenvalue weighted by Crippen LogP contribution is -2.57. The van der Waals surface area contributed by atoms with Gasteiger partial charge in [-0.2, -0.15) is 0 Å². The number of amides is 1. The van der Waals surface area contributed by atoms with Crippen LogP contribution in [0.4, 0.5) is 5.82 Å². The number of nitrogens with zero attached hydrogens (tertiary/aromatic N) is 3. The maximum Gasteiger partial charge on any atom is 0.255 e. The van der Waals surface area contributed by atoms with Gasteiger partial charge in [-0.05, 0) is 39.3 Å². The van der Waals surface area contributed by atoms with E-state index < -0.39 is 0 Å². The predicted molar refractivity (Wildman–Crippen MR) is 90.4 cm³/mol. The molecule has 1 aromatic rings. The molecule has 5 nitrogen and oxygen atoms in total. The zero-order valence-electron chi connectivity index (χ0n) is 14.2. The smallest absolute Gasteiger partial charge is 0.255 e. The van der Waals surface area contributed by atoms with Gasteiger partial charge in [-0.15, -0.1) is 0 Å². The summed E-state index contributed by atoms with van der Waals surface area (Å²) in [7, 11) is 0. The minimum atomic E-state index is 0.0819. The Morgan fingerprint density at radius 2 is 2.18 bits per heavy atom. The summed E-state index contributed by atoms with van der Waals surface area (Å²) in [5.41, 5.74) is 0.678. The summed E-state index contributed by atoms with van der Waals surface area (Å²) in [6.07, 6.45) is 2.81. The highest BCUT2D eigenvalue weighted by molar-refractivity contribution is 5.94. The molecule has 1 fully saturated rings. The van der Waals surface area contributed by atoms with Crippen LogP contribution in [0.25, 0.3) is 0 Å². The van der Waals surface area contributed by atoms with Crippen LogP contribution < -0.4 is 10.2 Å². The molecule has 1 amide bonds. The highest BCUT2D eigenvalue weighted by Gasteiger charge is 2.28. The second kappa shape index (κ2) is 7.58. The van der Waals surface area contributed by atoms with Crippen molar-refractivity contribution in [2.45, 2.75) is 46.2 Å². The van der Waals surface area contributed by atoms with Crippen molar-refractivity contribution in [2.24, 2.45) is 0 Å². The van der Waals surface area contributed by atoms with Crippen molar-refractivity contribution in [3.63, 3.8) is 0 Å². The van der Waals surface area contributed by atoms with Gasteiger partial charge in [0.2, 0.25) is 0 Å². The summed E-state index contributed by atoms with van der Waals surface area (Å²) >= 11 is 0. The fourth-order valence-corrected chi connectivity index (χ4v) is 2.91. The summed E-state index contributed by atoms with van der Waals surface area (Å²) in [4.78, 5) is 21.3. The van der Waals surface area contributed by atoms with Gasteiger partial charge in [-0.25, -0.2) is 4.98 Å². The van der Waals surface area contributed by atoms with E-state index in [0.717, 1.165) is 38.4 Å². The zero-order valence-corrected chi connectivity index (χ0v) is 14.2. The Hall–Kier alpha value is -1.62. The molecule has 1 aliphatic heterocycles. The first kappa shape index (κ1) is 16.7. The number of carbonyl (C=O) groups is 1. The van der Waals surface area contributed by atoms with Gasteiger partial charge in [0.15, 0.2) is 0 Å². The summed E-state index contributed by atoms with van der Waals surface area (Å²) in [6, 6.07) is 4.39. The van der Waals surface area contributed by atoms with E-state index in [-0.39, 0.29) is 11.9 Å².